The number of carbonyl (C=O) groups excluding carboxylic acids is 1. The maximum Gasteiger partial charge on any atom is 0.166 e. The summed E-state index contributed by atoms with van der Waals surface area (Å²) in [4.78, 5) is 12.9. The number of Topliss-reactive ketones (excluding diaryl/α,β-unsaturated/α-hetero) is 1. The van der Waals surface area contributed by atoms with Crippen molar-refractivity contribution in [1.29, 1.82) is 0 Å². The smallest absolute Gasteiger partial charge is 0.166 e. The molecule has 0 saturated heterocycles. The Hall–Kier alpha value is -1.18. The average Bonchev–Trinajstić information content (AvgIpc) is 2.66. The molecule has 1 atom stereocenters. The minimum Gasteiger partial charge on any atom is -0.294 e. The summed E-state index contributed by atoms with van der Waals surface area (Å²) >= 11 is 0. The number of carbonyl (C=O) groups is 1. The molecule has 1 unspecified atom stereocenters. The second-order valence-electron chi connectivity index (χ2n) is 8.85. The lowest BCUT2D eigenvalue weighted by molar-refractivity contribution is 0.0793. The third-order valence-corrected chi connectivity index (χ3v) is 6.55. The van der Waals surface area contributed by atoms with E-state index in [1.807, 2.05) is 0 Å². The maximum atomic E-state index is 13.1. The highest BCUT2D eigenvalue weighted by Crippen LogP contribution is 2.38. The number of unbranched alkanes of at least 4 members (excludes halogenated alkanes) is 11. The van der Waals surface area contributed by atoms with Gasteiger partial charge in [-0.1, -0.05) is 90.4 Å². The molecule has 1 nitrogen and oxygen atoms in total. The van der Waals surface area contributed by atoms with Crippen molar-refractivity contribution in [3.05, 3.63) is 35.6 Å². The van der Waals surface area contributed by atoms with Gasteiger partial charge in [-0.15, -0.1) is 0 Å². The zero-order valence-corrected chi connectivity index (χ0v) is 18.1. The number of hydrogen-bond donors (Lipinski definition) is 0. The van der Waals surface area contributed by atoms with Gasteiger partial charge in [-0.05, 0) is 49.4 Å². The standard InChI is InChI=1S/C26H41FO/c1-2-3-4-5-6-7-8-9-10-11-12-13-17-25(22-15-14-16-22)26(28)23-18-20-24(27)21-19-23/h18-22,25H,2-17H2,1H3. The van der Waals surface area contributed by atoms with Crippen LogP contribution in [0.4, 0.5) is 4.39 Å². The largest absolute Gasteiger partial charge is 0.294 e. The normalized spacial score (nSPS) is 15.4. The first-order valence-corrected chi connectivity index (χ1v) is 12.0. The van der Waals surface area contributed by atoms with Crippen LogP contribution in [-0.4, -0.2) is 5.78 Å². The van der Waals surface area contributed by atoms with Gasteiger partial charge in [-0.25, -0.2) is 4.39 Å². The van der Waals surface area contributed by atoms with Crippen molar-refractivity contribution in [2.75, 3.05) is 0 Å². The highest BCUT2D eigenvalue weighted by Gasteiger charge is 2.32. The molecule has 2 heteroatoms. The molecular weight excluding hydrogens is 347 g/mol. The van der Waals surface area contributed by atoms with Gasteiger partial charge in [-0.2, -0.15) is 0 Å². The summed E-state index contributed by atoms with van der Waals surface area (Å²) in [5.41, 5.74) is 0.692. The molecule has 158 valence electrons. The lowest BCUT2D eigenvalue weighted by Crippen LogP contribution is -2.29. The molecule has 1 aliphatic rings. The van der Waals surface area contributed by atoms with Gasteiger partial charge in [0, 0.05) is 11.5 Å². The van der Waals surface area contributed by atoms with E-state index in [9.17, 15) is 9.18 Å². The average molecular weight is 389 g/mol. The summed E-state index contributed by atoms with van der Waals surface area (Å²) in [6, 6.07) is 6.14. The molecule has 1 aromatic carbocycles. The topological polar surface area (TPSA) is 17.1 Å². The second kappa shape index (κ2) is 13.9. The SMILES string of the molecule is CCCCCCCCCCCCCCC(C(=O)c1ccc(F)cc1)C1CCC1. The monoisotopic (exact) mass is 388 g/mol. The van der Waals surface area contributed by atoms with Gasteiger partial charge in [0.15, 0.2) is 5.78 Å². The van der Waals surface area contributed by atoms with E-state index in [1.54, 1.807) is 12.1 Å². The number of halogens is 1. The Bertz CT molecular complexity index is 532. The molecule has 0 aliphatic heterocycles. The van der Waals surface area contributed by atoms with Crippen LogP contribution in [0.5, 0.6) is 0 Å². The Morgan fingerprint density at radius 3 is 1.82 bits per heavy atom. The van der Waals surface area contributed by atoms with Crippen LogP contribution < -0.4 is 0 Å². The lowest BCUT2D eigenvalue weighted by atomic mass is 9.71. The van der Waals surface area contributed by atoms with E-state index in [0.29, 0.717) is 11.5 Å². The van der Waals surface area contributed by atoms with Crippen LogP contribution in [-0.2, 0) is 0 Å². The van der Waals surface area contributed by atoms with Gasteiger partial charge in [0.25, 0.3) is 0 Å². The lowest BCUT2D eigenvalue weighted by Gasteiger charge is -2.33. The van der Waals surface area contributed by atoms with Crippen molar-refractivity contribution in [2.45, 2.75) is 110 Å². The van der Waals surface area contributed by atoms with Gasteiger partial charge in [-0.3, -0.25) is 4.79 Å². The molecule has 1 saturated carbocycles. The Balaban J connectivity index is 1.57. The van der Waals surface area contributed by atoms with E-state index >= 15 is 0 Å². The van der Waals surface area contributed by atoms with E-state index in [1.165, 1.54) is 102 Å². The van der Waals surface area contributed by atoms with Crippen molar-refractivity contribution in [3.8, 4) is 0 Å². The summed E-state index contributed by atoms with van der Waals surface area (Å²) in [6.45, 7) is 2.27. The third kappa shape index (κ3) is 8.45. The number of rotatable bonds is 16. The summed E-state index contributed by atoms with van der Waals surface area (Å²) in [7, 11) is 0. The van der Waals surface area contributed by atoms with Crippen molar-refractivity contribution in [3.63, 3.8) is 0 Å². The Morgan fingerprint density at radius 2 is 1.36 bits per heavy atom. The van der Waals surface area contributed by atoms with Crippen LogP contribution in [0.2, 0.25) is 0 Å². The van der Waals surface area contributed by atoms with Crippen molar-refractivity contribution in [1.82, 2.24) is 0 Å². The van der Waals surface area contributed by atoms with E-state index in [0.717, 1.165) is 12.8 Å². The van der Waals surface area contributed by atoms with Crippen LogP contribution in [0.15, 0.2) is 24.3 Å². The molecule has 0 bridgehead atoms. The predicted octanol–water partition coefficient (Wildman–Crippen LogP) is 8.52. The highest BCUT2D eigenvalue weighted by atomic mass is 19.1. The maximum absolute atomic E-state index is 13.1. The van der Waals surface area contributed by atoms with E-state index in [4.69, 9.17) is 0 Å². The van der Waals surface area contributed by atoms with Crippen molar-refractivity contribution >= 4 is 5.78 Å². The molecule has 0 heterocycles. The number of benzene rings is 1. The van der Waals surface area contributed by atoms with Crippen LogP contribution in [0.1, 0.15) is 120 Å². The fourth-order valence-corrected chi connectivity index (χ4v) is 4.46. The zero-order valence-electron chi connectivity index (χ0n) is 18.1. The molecule has 0 amide bonds. The van der Waals surface area contributed by atoms with E-state index < -0.39 is 0 Å². The van der Waals surface area contributed by atoms with E-state index in [2.05, 4.69) is 6.92 Å². The molecule has 0 N–H and O–H groups in total. The highest BCUT2D eigenvalue weighted by molar-refractivity contribution is 5.98. The minimum atomic E-state index is -0.266. The third-order valence-electron chi connectivity index (χ3n) is 6.55. The Morgan fingerprint density at radius 1 is 0.857 bits per heavy atom. The molecular formula is C26H41FO. The van der Waals surface area contributed by atoms with Crippen LogP contribution in [0, 0.1) is 17.7 Å². The fraction of sp³-hybridized carbons (Fsp3) is 0.731. The number of hydrogen-bond acceptors (Lipinski definition) is 1. The first-order valence-electron chi connectivity index (χ1n) is 12.0. The minimum absolute atomic E-state index is 0.155. The van der Waals surface area contributed by atoms with Crippen LogP contribution in [0.25, 0.3) is 0 Å². The van der Waals surface area contributed by atoms with E-state index in [-0.39, 0.29) is 17.5 Å². The summed E-state index contributed by atoms with van der Waals surface area (Å²) in [6.07, 6.45) is 20.8. The molecule has 0 aromatic heterocycles. The Kier molecular flexibility index (Phi) is 11.5. The summed E-state index contributed by atoms with van der Waals surface area (Å²) in [5, 5.41) is 0. The molecule has 0 spiro atoms. The van der Waals surface area contributed by atoms with Gasteiger partial charge in [0.05, 0.1) is 0 Å². The number of ketones is 1. The first-order chi connectivity index (χ1) is 13.7. The molecule has 1 aromatic rings. The molecule has 1 aliphatic carbocycles. The summed E-state index contributed by atoms with van der Waals surface area (Å²) in [5.74, 6) is 0.693. The Labute approximate surface area is 172 Å². The second-order valence-corrected chi connectivity index (χ2v) is 8.85. The molecule has 2 rings (SSSR count). The zero-order chi connectivity index (χ0) is 20.0. The van der Waals surface area contributed by atoms with Crippen molar-refractivity contribution in [2.24, 2.45) is 11.8 Å². The van der Waals surface area contributed by atoms with Gasteiger partial charge in [0.2, 0.25) is 0 Å². The quantitative estimate of drug-likeness (QED) is 0.205. The van der Waals surface area contributed by atoms with Gasteiger partial charge in [0.1, 0.15) is 5.82 Å². The fourth-order valence-electron chi connectivity index (χ4n) is 4.46. The molecule has 0 radical (unpaired) electrons. The first kappa shape index (κ1) is 23.1. The predicted molar refractivity (Wildman–Crippen MR) is 117 cm³/mol. The van der Waals surface area contributed by atoms with Crippen molar-refractivity contribution < 1.29 is 9.18 Å². The molecule has 1 fully saturated rings. The summed E-state index contributed by atoms with van der Waals surface area (Å²) < 4.78 is 13.1. The van der Waals surface area contributed by atoms with Gasteiger partial charge < -0.3 is 0 Å². The van der Waals surface area contributed by atoms with Gasteiger partial charge >= 0.3 is 0 Å². The van der Waals surface area contributed by atoms with Crippen LogP contribution >= 0.6 is 0 Å². The van der Waals surface area contributed by atoms with Crippen LogP contribution in [0.3, 0.4) is 0 Å². The molecule has 28 heavy (non-hydrogen) atoms.